The number of nitrogens with zero attached hydrogens (tertiary/aromatic N) is 4. The zero-order chi connectivity index (χ0) is 26.9. The molecule has 1 aliphatic rings. The average molecular weight is 569 g/mol. The average Bonchev–Trinajstić information content (AvgIpc) is 3.36. The summed E-state index contributed by atoms with van der Waals surface area (Å²) >= 11 is 7.64. The van der Waals surface area contributed by atoms with Crippen molar-refractivity contribution >= 4 is 54.2 Å². The van der Waals surface area contributed by atoms with Crippen LogP contribution < -0.4 is 4.90 Å². The van der Waals surface area contributed by atoms with Crippen LogP contribution in [0.2, 0.25) is 5.02 Å². The first-order valence-electron chi connectivity index (χ1n) is 12.6. The van der Waals surface area contributed by atoms with E-state index in [1.54, 1.807) is 30.3 Å². The Labute approximate surface area is 232 Å². The smallest absolute Gasteiger partial charge is 0.260 e. The summed E-state index contributed by atoms with van der Waals surface area (Å²) in [7, 11) is -2.00. The third-order valence-corrected chi connectivity index (χ3v) is 10.2. The first kappa shape index (κ1) is 26.7. The van der Waals surface area contributed by atoms with E-state index in [4.69, 9.17) is 16.6 Å². The van der Waals surface area contributed by atoms with Gasteiger partial charge >= 0.3 is 0 Å². The zero-order valence-corrected chi connectivity index (χ0v) is 23.7. The van der Waals surface area contributed by atoms with E-state index in [0.29, 0.717) is 21.4 Å². The minimum atomic E-state index is -3.65. The Hall–Kier alpha value is -2.85. The van der Waals surface area contributed by atoms with Gasteiger partial charge < -0.3 is 0 Å². The van der Waals surface area contributed by atoms with Gasteiger partial charge in [0.2, 0.25) is 10.0 Å². The number of thiazole rings is 1. The Kier molecular flexibility index (Phi) is 7.81. The molecule has 38 heavy (non-hydrogen) atoms. The highest BCUT2D eigenvalue weighted by Gasteiger charge is 2.30. The quantitative estimate of drug-likeness (QED) is 0.256. The molecule has 0 unspecified atom stereocenters. The molecule has 2 aromatic heterocycles. The lowest BCUT2D eigenvalue weighted by atomic mass is 9.96. The number of hydrogen-bond donors (Lipinski definition) is 0. The van der Waals surface area contributed by atoms with Crippen LogP contribution in [0.3, 0.4) is 0 Å². The van der Waals surface area contributed by atoms with Crippen molar-refractivity contribution in [1.29, 1.82) is 0 Å². The maximum atomic E-state index is 13.8. The Balaban J connectivity index is 1.46. The van der Waals surface area contributed by atoms with Gasteiger partial charge in [0.05, 0.1) is 27.4 Å². The largest absolute Gasteiger partial charge is 0.278 e. The van der Waals surface area contributed by atoms with E-state index in [2.05, 4.69) is 4.98 Å². The van der Waals surface area contributed by atoms with Crippen molar-refractivity contribution in [1.82, 2.24) is 14.3 Å². The van der Waals surface area contributed by atoms with E-state index in [1.165, 1.54) is 27.8 Å². The van der Waals surface area contributed by atoms with Crippen LogP contribution in [-0.2, 0) is 16.6 Å². The topological polar surface area (TPSA) is 83.5 Å². The molecule has 2 aromatic carbocycles. The molecular formula is C28H29ClN4O3S2. The molecule has 1 amide bonds. The number of anilines is 1. The Bertz CT molecular complexity index is 1550. The van der Waals surface area contributed by atoms with Crippen LogP contribution in [-0.4, -0.2) is 41.7 Å². The summed E-state index contributed by atoms with van der Waals surface area (Å²) in [6.45, 7) is 2.16. The normalized spacial score (nSPS) is 14.7. The van der Waals surface area contributed by atoms with Gasteiger partial charge in [0, 0.05) is 29.9 Å². The molecule has 0 atom stereocenters. The van der Waals surface area contributed by atoms with Gasteiger partial charge in [0.25, 0.3) is 5.91 Å². The second-order valence-corrected chi connectivity index (χ2v) is 13.1. The van der Waals surface area contributed by atoms with Gasteiger partial charge in [-0.05, 0) is 73.9 Å². The highest BCUT2D eigenvalue weighted by molar-refractivity contribution is 7.89. The first-order valence-corrected chi connectivity index (χ1v) is 15.2. The zero-order valence-electron chi connectivity index (χ0n) is 21.3. The molecule has 198 valence electrons. The molecule has 1 aliphatic carbocycles. The molecule has 1 saturated carbocycles. The number of fused-ring (bicyclic) bond motifs is 1. The van der Waals surface area contributed by atoms with Crippen LogP contribution in [0.15, 0.2) is 65.7 Å². The number of carbonyl (C=O) groups excluding carboxylic acids is 1. The lowest BCUT2D eigenvalue weighted by molar-refractivity contribution is 0.0984. The summed E-state index contributed by atoms with van der Waals surface area (Å²) in [5.74, 6) is -0.289. The first-order chi connectivity index (χ1) is 18.2. The van der Waals surface area contributed by atoms with Gasteiger partial charge in [-0.1, -0.05) is 48.3 Å². The van der Waals surface area contributed by atoms with E-state index in [-0.39, 0.29) is 23.4 Å². The van der Waals surface area contributed by atoms with Crippen molar-refractivity contribution in [3.8, 4) is 0 Å². The van der Waals surface area contributed by atoms with Gasteiger partial charge in [-0.25, -0.2) is 13.4 Å². The van der Waals surface area contributed by atoms with Crippen molar-refractivity contribution in [3.05, 3.63) is 82.6 Å². The van der Waals surface area contributed by atoms with Gasteiger partial charge in [-0.15, -0.1) is 0 Å². The number of benzene rings is 2. The molecule has 0 aliphatic heterocycles. The van der Waals surface area contributed by atoms with Crippen LogP contribution in [0, 0.1) is 6.92 Å². The number of halogens is 1. The summed E-state index contributed by atoms with van der Waals surface area (Å²) in [4.78, 5) is 24.7. The molecule has 2 heterocycles. The fourth-order valence-electron chi connectivity index (χ4n) is 4.87. The third kappa shape index (κ3) is 5.47. The number of aromatic nitrogens is 2. The van der Waals surface area contributed by atoms with Crippen molar-refractivity contribution < 1.29 is 13.2 Å². The van der Waals surface area contributed by atoms with Crippen LogP contribution in [0.4, 0.5) is 5.13 Å². The molecule has 7 nitrogen and oxygen atoms in total. The van der Waals surface area contributed by atoms with E-state index in [9.17, 15) is 13.2 Å². The molecule has 0 radical (unpaired) electrons. The van der Waals surface area contributed by atoms with E-state index < -0.39 is 10.0 Å². The SMILES string of the molecule is Cc1cc(Cl)cc2sc(N(Cc3ccccn3)C(=O)c3ccc(S(=O)(=O)N(C)C4CCCCC4)cc3)nc12. The number of pyridine rings is 1. The second kappa shape index (κ2) is 11.1. The molecule has 5 rings (SSSR count). The summed E-state index contributed by atoms with van der Waals surface area (Å²) < 4.78 is 28.9. The standard InChI is InChI=1S/C28H29ClN4O3S2/c1-19-16-21(29)17-25-26(19)31-28(37-25)33(18-22-8-6-7-15-30-22)27(34)20-11-13-24(14-12-20)38(35,36)32(2)23-9-4-3-5-10-23/h6-8,11-17,23H,3-5,9-10,18H2,1-2H3. The molecule has 4 aromatic rings. The number of aryl methyl sites for hydroxylation is 1. The minimum Gasteiger partial charge on any atom is -0.278 e. The number of hydrogen-bond acceptors (Lipinski definition) is 6. The predicted octanol–water partition coefficient (Wildman–Crippen LogP) is 6.45. The summed E-state index contributed by atoms with van der Waals surface area (Å²) in [5.41, 5.74) is 2.80. The Morgan fingerprint density at radius 2 is 1.82 bits per heavy atom. The lowest BCUT2D eigenvalue weighted by Crippen LogP contribution is -2.38. The fourth-order valence-corrected chi connectivity index (χ4v) is 7.70. The number of sulfonamides is 1. The van der Waals surface area contributed by atoms with Crippen LogP contribution >= 0.6 is 22.9 Å². The predicted molar refractivity (Wildman–Crippen MR) is 152 cm³/mol. The third-order valence-electron chi connectivity index (χ3n) is 7.03. The van der Waals surface area contributed by atoms with Gasteiger partial charge in [0.15, 0.2) is 5.13 Å². The lowest BCUT2D eigenvalue weighted by Gasteiger charge is -2.30. The molecule has 0 bridgehead atoms. The maximum Gasteiger partial charge on any atom is 0.260 e. The van der Waals surface area contributed by atoms with Crippen LogP contribution in [0.5, 0.6) is 0 Å². The molecule has 1 fully saturated rings. The molecule has 0 N–H and O–H groups in total. The van der Waals surface area contributed by atoms with Crippen molar-refractivity contribution in [3.63, 3.8) is 0 Å². The van der Waals surface area contributed by atoms with E-state index in [0.717, 1.165) is 47.9 Å². The highest BCUT2D eigenvalue weighted by Crippen LogP contribution is 2.34. The van der Waals surface area contributed by atoms with Crippen molar-refractivity contribution in [2.24, 2.45) is 0 Å². The van der Waals surface area contributed by atoms with E-state index in [1.807, 2.05) is 37.3 Å². The summed E-state index contributed by atoms with van der Waals surface area (Å²) in [6.07, 6.45) is 6.67. The van der Waals surface area contributed by atoms with Gasteiger partial charge in [0.1, 0.15) is 0 Å². The molecule has 0 spiro atoms. The number of amides is 1. The number of carbonyl (C=O) groups is 1. The van der Waals surface area contributed by atoms with Gasteiger partial charge in [-0.2, -0.15) is 4.31 Å². The molecule has 10 heteroatoms. The highest BCUT2D eigenvalue weighted by atomic mass is 35.5. The number of rotatable bonds is 7. The van der Waals surface area contributed by atoms with E-state index >= 15 is 0 Å². The Morgan fingerprint density at radius 1 is 1.08 bits per heavy atom. The minimum absolute atomic E-state index is 0.0138. The van der Waals surface area contributed by atoms with Crippen molar-refractivity contribution in [2.75, 3.05) is 11.9 Å². The van der Waals surface area contributed by atoms with Crippen LogP contribution in [0.1, 0.15) is 53.7 Å². The van der Waals surface area contributed by atoms with Crippen LogP contribution in [0.25, 0.3) is 10.2 Å². The Morgan fingerprint density at radius 3 is 2.50 bits per heavy atom. The summed E-state index contributed by atoms with van der Waals surface area (Å²) in [5, 5.41) is 1.14. The molecular weight excluding hydrogens is 540 g/mol. The van der Waals surface area contributed by atoms with Gasteiger partial charge in [-0.3, -0.25) is 14.7 Å². The fraction of sp³-hybridized carbons (Fsp3) is 0.321. The second-order valence-electron chi connectivity index (χ2n) is 9.62. The monoisotopic (exact) mass is 568 g/mol. The molecule has 0 saturated heterocycles. The van der Waals surface area contributed by atoms with Crippen molar-refractivity contribution in [2.45, 2.75) is 56.5 Å². The summed E-state index contributed by atoms with van der Waals surface area (Å²) in [6, 6.07) is 15.4. The maximum absolute atomic E-state index is 13.8.